The molecule has 0 amide bonds. The molecule has 0 radical (unpaired) electrons. The Labute approximate surface area is 132 Å². The van der Waals surface area contributed by atoms with Gasteiger partial charge >= 0.3 is 0 Å². The predicted octanol–water partition coefficient (Wildman–Crippen LogP) is 5.07. The van der Waals surface area contributed by atoms with Gasteiger partial charge in [0.25, 0.3) is 0 Å². The van der Waals surface area contributed by atoms with Crippen LogP contribution in [0.4, 0.5) is 0 Å². The number of rotatable bonds is 3. The van der Waals surface area contributed by atoms with Crippen LogP contribution in [0.15, 0.2) is 22.7 Å². The molecule has 106 valence electrons. The standard InChI is InChI=1S/C15H20Br2O2/c1-14(2)8-13(15(3,4)19-14)18-11-5-6-12(17)10(7-11)9-16/h5-7,13H,8-9H2,1-4H3. The smallest absolute Gasteiger partial charge is 0.130 e. The summed E-state index contributed by atoms with van der Waals surface area (Å²) in [4.78, 5) is 0. The van der Waals surface area contributed by atoms with Gasteiger partial charge in [0.05, 0.1) is 5.60 Å². The third-order valence-electron chi connectivity index (χ3n) is 3.43. The molecule has 1 aliphatic heterocycles. The molecule has 2 nitrogen and oxygen atoms in total. The largest absolute Gasteiger partial charge is 0.487 e. The fourth-order valence-corrected chi connectivity index (χ4v) is 3.81. The van der Waals surface area contributed by atoms with E-state index in [1.54, 1.807) is 0 Å². The Morgan fingerprint density at radius 3 is 2.53 bits per heavy atom. The molecule has 1 aliphatic rings. The molecule has 0 saturated carbocycles. The van der Waals surface area contributed by atoms with Gasteiger partial charge in [0.1, 0.15) is 17.5 Å². The van der Waals surface area contributed by atoms with Crippen molar-refractivity contribution in [2.24, 2.45) is 0 Å². The van der Waals surface area contributed by atoms with Gasteiger partial charge in [-0.1, -0.05) is 31.9 Å². The Hall–Kier alpha value is -0.0600. The van der Waals surface area contributed by atoms with E-state index in [0.717, 1.165) is 22.0 Å². The van der Waals surface area contributed by atoms with Crippen molar-refractivity contribution in [3.63, 3.8) is 0 Å². The van der Waals surface area contributed by atoms with Crippen LogP contribution in [0.1, 0.15) is 39.7 Å². The number of hydrogen-bond acceptors (Lipinski definition) is 2. The second kappa shape index (κ2) is 5.38. The van der Waals surface area contributed by atoms with Crippen LogP contribution in [0.3, 0.4) is 0 Å². The number of ether oxygens (including phenoxy) is 2. The van der Waals surface area contributed by atoms with Crippen molar-refractivity contribution in [3.8, 4) is 5.75 Å². The fourth-order valence-electron chi connectivity index (χ4n) is 2.59. The molecule has 1 aromatic rings. The average Bonchev–Trinajstić information content (AvgIpc) is 2.49. The van der Waals surface area contributed by atoms with Crippen LogP contribution in [0, 0.1) is 0 Å². The van der Waals surface area contributed by atoms with E-state index in [1.165, 1.54) is 5.56 Å². The Kier molecular flexibility index (Phi) is 4.34. The first-order valence-corrected chi connectivity index (χ1v) is 8.36. The summed E-state index contributed by atoms with van der Waals surface area (Å²) in [5, 5.41) is 0.806. The van der Waals surface area contributed by atoms with Crippen LogP contribution < -0.4 is 4.74 Å². The molecule has 1 unspecified atom stereocenters. The third kappa shape index (κ3) is 3.53. The molecular formula is C15H20Br2O2. The van der Waals surface area contributed by atoms with Gasteiger partial charge < -0.3 is 9.47 Å². The van der Waals surface area contributed by atoms with Crippen LogP contribution in [0.5, 0.6) is 5.75 Å². The molecule has 0 spiro atoms. The van der Waals surface area contributed by atoms with Crippen LogP contribution in [0.2, 0.25) is 0 Å². The van der Waals surface area contributed by atoms with Gasteiger partial charge in [0.2, 0.25) is 0 Å². The van der Waals surface area contributed by atoms with Gasteiger partial charge in [-0.15, -0.1) is 0 Å². The number of alkyl halides is 1. The first-order chi connectivity index (χ1) is 8.73. The summed E-state index contributed by atoms with van der Waals surface area (Å²) < 4.78 is 13.3. The fraction of sp³-hybridized carbons (Fsp3) is 0.600. The zero-order chi connectivity index (χ0) is 14.3. The summed E-state index contributed by atoms with van der Waals surface area (Å²) in [7, 11) is 0. The molecule has 1 heterocycles. The minimum atomic E-state index is -0.259. The van der Waals surface area contributed by atoms with E-state index < -0.39 is 0 Å². The van der Waals surface area contributed by atoms with Gasteiger partial charge in [-0.2, -0.15) is 0 Å². The van der Waals surface area contributed by atoms with Crippen molar-refractivity contribution in [1.82, 2.24) is 0 Å². The topological polar surface area (TPSA) is 18.5 Å². The van der Waals surface area contributed by atoms with E-state index in [4.69, 9.17) is 9.47 Å². The van der Waals surface area contributed by atoms with Crippen molar-refractivity contribution in [2.75, 3.05) is 0 Å². The van der Waals surface area contributed by atoms with E-state index in [1.807, 2.05) is 12.1 Å². The first-order valence-electron chi connectivity index (χ1n) is 6.45. The van der Waals surface area contributed by atoms with Crippen LogP contribution in [0.25, 0.3) is 0 Å². The molecule has 0 aliphatic carbocycles. The third-order valence-corrected chi connectivity index (χ3v) is 4.81. The average molecular weight is 392 g/mol. The highest BCUT2D eigenvalue weighted by molar-refractivity contribution is 9.10. The lowest BCUT2D eigenvalue weighted by molar-refractivity contribution is -0.0846. The Morgan fingerprint density at radius 2 is 2.00 bits per heavy atom. The van der Waals surface area contributed by atoms with E-state index in [2.05, 4.69) is 65.6 Å². The van der Waals surface area contributed by atoms with E-state index in [9.17, 15) is 0 Å². The Balaban J connectivity index is 2.17. The molecule has 0 bridgehead atoms. The molecule has 1 fully saturated rings. The second-order valence-electron chi connectivity index (χ2n) is 6.16. The van der Waals surface area contributed by atoms with Gasteiger partial charge in [-0.05, 0) is 51.5 Å². The second-order valence-corrected chi connectivity index (χ2v) is 7.58. The molecule has 2 rings (SSSR count). The number of halogens is 2. The molecule has 1 atom stereocenters. The van der Waals surface area contributed by atoms with Crippen molar-refractivity contribution in [1.29, 1.82) is 0 Å². The van der Waals surface area contributed by atoms with Gasteiger partial charge in [0, 0.05) is 16.2 Å². The van der Waals surface area contributed by atoms with Crippen molar-refractivity contribution in [2.45, 2.75) is 56.8 Å². The molecule has 0 aromatic heterocycles. The Morgan fingerprint density at radius 1 is 1.32 bits per heavy atom. The molecule has 1 aromatic carbocycles. The monoisotopic (exact) mass is 390 g/mol. The minimum Gasteiger partial charge on any atom is -0.487 e. The summed E-state index contributed by atoms with van der Waals surface area (Å²) in [6.07, 6.45) is 0.978. The molecule has 19 heavy (non-hydrogen) atoms. The minimum absolute atomic E-state index is 0.0758. The van der Waals surface area contributed by atoms with Crippen molar-refractivity contribution in [3.05, 3.63) is 28.2 Å². The quantitative estimate of drug-likeness (QED) is 0.669. The summed E-state index contributed by atoms with van der Waals surface area (Å²) in [5.41, 5.74) is 0.806. The van der Waals surface area contributed by atoms with Crippen molar-refractivity contribution < 1.29 is 9.47 Å². The number of hydrogen-bond donors (Lipinski definition) is 0. The summed E-state index contributed by atoms with van der Waals surface area (Å²) in [6.45, 7) is 8.42. The maximum absolute atomic E-state index is 6.16. The maximum Gasteiger partial charge on any atom is 0.130 e. The summed E-state index contributed by atoms with van der Waals surface area (Å²) >= 11 is 7.02. The zero-order valence-electron chi connectivity index (χ0n) is 11.8. The van der Waals surface area contributed by atoms with Crippen LogP contribution >= 0.6 is 31.9 Å². The molecule has 4 heteroatoms. The van der Waals surface area contributed by atoms with Gasteiger partial charge in [0.15, 0.2) is 0 Å². The predicted molar refractivity (Wildman–Crippen MR) is 85.0 cm³/mol. The Bertz CT molecular complexity index is 469. The van der Waals surface area contributed by atoms with Crippen LogP contribution in [-0.2, 0) is 10.1 Å². The van der Waals surface area contributed by atoms with E-state index in [-0.39, 0.29) is 17.3 Å². The molecule has 1 saturated heterocycles. The van der Waals surface area contributed by atoms with Crippen molar-refractivity contribution >= 4 is 31.9 Å². The molecular weight excluding hydrogens is 372 g/mol. The van der Waals surface area contributed by atoms with E-state index >= 15 is 0 Å². The summed E-state index contributed by atoms with van der Waals surface area (Å²) in [5.74, 6) is 0.900. The normalized spacial score (nSPS) is 24.4. The lowest BCUT2D eigenvalue weighted by Crippen LogP contribution is -2.36. The lowest BCUT2D eigenvalue weighted by Gasteiger charge is -2.27. The lowest BCUT2D eigenvalue weighted by atomic mass is 9.97. The summed E-state index contributed by atoms with van der Waals surface area (Å²) in [6, 6.07) is 6.09. The van der Waals surface area contributed by atoms with Gasteiger partial charge in [-0.25, -0.2) is 0 Å². The molecule has 0 N–H and O–H groups in total. The SMILES string of the molecule is CC1(C)CC(Oc2ccc(Br)c(CBr)c2)C(C)(C)O1. The van der Waals surface area contributed by atoms with E-state index in [0.29, 0.717) is 0 Å². The first kappa shape index (κ1) is 15.3. The van der Waals surface area contributed by atoms with Crippen LogP contribution in [-0.4, -0.2) is 17.3 Å². The highest BCUT2D eigenvalue weighted by atomic mass is 79.9. The highest BCUT2D eigenvalue weighted by Crippen LogP contribution is 2.39. The zero-order valence-corrected chi connectivity index (χ0v) is 15.0. The highest BCUT2D eigenvalue weighted by Gasteiger charge is 2.47. The maximum atomic E-state index is 6.16. The van der Waals surface area contributed by atoms with Gasteiger partial charge in [-0.3, -0.25) is 0 Å². The number of benzene rings is 1.